The maximum absolute atomic E-state index is 12.1. The van der Waals surface area contributed by atoms with Crippen LogP contribution in [-0.2, 0) is 10.2 Å². The molecular formula is C11H12ClN3O2S. The SMILES string of the molecule is CN(C)S(=O)(=O)n1cnc(Cl)c1-c1ccccc1. The number of nitrogens with zero attached hydrogens (tertiary/aromatic N) is 3. The molecule has 5 nitrogen and oxygen atoms in total. The van der Waals surface area contributed by atoms with E-state index in [4.69, 9.17) is 11.6 Å². The van der Waals surface area contributed by atoms with Crippen LogP contribution in [0, 0.1) is 0 Å². The third-order valence-corrected chi connectivity index (χ3v) is 4.42. The maximum atomic E-state index is 12.1. The first kappa shape index (κ1) is 13.1. The average Bonchev–Trinajstić information content (AvgIpc) is 2.72. The molecule has 0 aliphatic carbocycles. The minimum atomic E-state index is -3.63. The highest BCUT2D eigenvalue weighted by molar-refractivity contribution is 7.87. The lowest BCUT2D eigenvalue weighted by atomic mass is 10.2. The Bertz CT molecular complexity index is 650. The summed E-state index contributed by atoms with van der Waals surface area (Å²) >= 11 is 5.98. The molecule has 96 valence electrons. The van der Waals surface area contributed by atoms with Crippen LogP contribution in [0.3, 0.4) is 0 Å². The molecule has 1 aromatic heterocycles. The van der Waals surface area contributed by atoms with Crippen LogP contribution in [0.25, 0.3) is 11.3 Å². The molecule has 0 atom stereocenters. The first-order valence-electron chi connectivity index (χ1n) is 5.16. The highest BCUT2D eigenvalue weighted by atomic mass is 35.5. The van der Waals surface area contributed by atoms with Crippen molar-refractivity contribution in [3.05, 3.63) is 41.8 Å². The van der Waals surface area contributed by atoms with E-state index in [2.05, 4.69) is 4.98 Å². The lowest BCUT2D eigenvalue weighted by Gasteiger charge is -2.14. The van der Waals surface area contributed by atoms with Crippen LogP contribution in [0.15, 0.2) is 36.7 Å². The fourth-order valence-electron chi connectivity index (χ4n) is 1.51. The second-order valence-electron chi connectivity index (χ2n) is 3.84. The molecule has 2 rings (SSSR count). The van der Waals surface area contributed by atoms with E-state index in [1.54, 1.807) is 12.1 Å². The van der Waals surface area contributed by atoms with Crippen molar-refractivity contribution in [2.24, 2.45) is 0 Å². The van der Waals surface area contributed by atoms with Crippen molar-refractivity contribution in [1.29, 1.82) is 0 Å². The van der Waals surface area contributed by atoms with Crippen LogP contribution in [0.4, 0.5) is 0 Å². The third kappa shape index (κ3) is 2.14. The molecule has 1 aromatic carbocycles. The van der Waals surface area contributed by atoms with Gasteiger partial charge in [-0.15, -0.1) is 0 Å². The standard InChI is InChI=1S/C11H12ClN3O2S/c1-14(2)18(16,17)15-8-13-11(12)10(15)9-6-4-3-5-7-9/h3-8H,1-2H3. The smallest absolute Gasteiger partial charge is 0.223 e. The molecule has 0 amide bonds. The summed E-state index contributed by atoms with van der Waals surface area (Å²) in [5.74, 6) is 0. The molecule has 0 fully saturated rings. The molecule has 0 unspecified atom stereocenters. The summed E-state index contributed by atoms with van der Waals surface area (Å²) in [7, 11) is -0.719. The van der Waals surface area contributed by atoms with Gasteiger partial charge in [0.15, 0.2) is 5.15 Å². The zero-order valence-corrected chi connectivity index (χ0v) is 11.5. The first-order valence-corrected chi connectivity index (χ1v) is 6.93. The predicted octanol–water partition coefficient (Wildman–Crippen LogP) is 1.86. The Morgan fingerprint density at radius 2 is 1.83 bits per heavy atom. The summed E-state index contributed by atoms with van der Waals surface area (Å²) in [4.78, 5) is 3.86. The molecule has 0 aliphatic rings. The van der Waals surface area contributed by atoms with E-state index in [1.807, 2.05) is 18.2 Å². The molecule has 0 saturated carbocycles. The molecule has 7 heteroatoms. The number of hydrogen-bond acceptors (Lipinski definition) is 3. The largest absolute Gasteiger partial charge is 0.308 e. The summed E-state index contributed by atoms with van der Waals surface area (Å²) in [6, 6.07) is 9.03. The monoisotopic (exact) mass is 285 g/mol. The molecule has 0 aliphatic heterocycles. The Morgan fingerprint density at radius 3 is 2.39 bits per heavy atom. The Balaban J connectivity index is 2.67. The van der Waals surface area contributed by atoms with E-state index in [9.17, 15) is 8.42 Å². The van der Waals surface area contributed by atoms with Crippen LogP contribution in [0.5, 0.6) is 0 Å². The van der Waals surface area contributed by atoms with Gasteiger partial charge in [-0.1, -0.05) is 41.9 Å². The number of benzene rings is 1. The number of hydrogen-bond donors (Lipinski definition) is 0. The molecule has 0 bridgehead atoms. The summed E-state index contributed by atoms with van der Waals surface area (Å²) in [5, 5.41) is 0.159. The number of aromatic nitrogens is 2. The van der Waals surface area contributed by atoms with Crippen LogP contribution in [0.1, 0.15) is 0 Å². The number of imidazole rings is 1. The fraction of sp³-hybridized carbons (Fsp3) is 0.182. The van der Waals surface area contributed by atoms with E-state index in [-0.39, 0.29) is 5.15 Å². The molecule has 0 saturated heterocycles. The van der Waals surface area contributed by atoms with Gasteiger partial charge in [0.1, 0.15) is 12.0 Å². The average molecular weight is 286 g/mol. The molecule has 0 N–H and O–H groups in total. The summed E-state index contributed by atoms with van der Waals surface area (Å²) in [6.07, 6.45) is 1.21. The summed E-state index contributed by atoms with van der Waals surface area (Å²) in [5.41, 5.74) is 1.07. The maximum Gasteiger partial charge on any atom is 0.308 e. The minimum Gasteiger partial charge on any atom is -0.223 e. The second-order valence-corrected chi connectivity index (χ2v) is 6.21. The number of halogens is 1. The van der Waals surface area contributed by atoms with Gasteiger partial charge in [-0.3, -0.25) is 0 Å². The molecule has 1 heterocycles. The van der Waals surface area contributed by atoms with Crippen LogP contribution < -0.4 is 0 Å². The van der Waals surface area contributed by atoms with Gasteiger partial charge in [-0.05, 0) is 0 Å². The van der Waals surface area contributed by atoms with Crippen LogP contribution in [-0.4, -0.2) is 35.8 Å². The molecule has 18 heavy (non-hydrogen) atoms. The van der Waals surface area contributed by atoms with Crippen molar-refractivity contribution in [3.63, 3.8) is 0 Å². The van der Waals surface area contributed by atoms with Gasteiger partial charge in [0, 0.05) is 19.7 Å². The molecule has 0 spiro atoms. The van der Waals surface area contributed by atoms with Crippen molar-refractivity contribution in [2.75, 3.05) is 14.1 Å². The molecule has 0 radical (unpaired) electrons. The van der Waals surface area contributed by atoms with E-state index in [1.165, 1.54) is 20.4 Å². The third-order valence-electron chi connectivity index (χ3n) is 2.45. The van der Waals surface area contributed by atoms with Crippen LogP contribution >= 0.6 is 11.6 Å². The van der Waals surface area contributed by atoms with Gasteiger partial charge in [-0.2, -0.15) is 12.7 Å². The summed E-state index contributed by atoms with van der Waals surface area (Å²) < 4.78 is 26.4. The van der Waals surface area contributed by atoms with E-state index < -0.39 is 10.2 Å². The number of rotatable bonds is 3. The van der Waals surface area contributed by atoms with Gasteiger partial charge in [0.25, 0.3) is 0 Å². The Hall–Kier alpha value is -1.37. The fourth-order valence-corrected chi connectivity index (χ4v) is 2.74. The Morgan fingerprint density at radius 1 is 1.22 bits per heavy atom. The van der Waals surface area contributed by atoms with Crippen molar-refractivity contribution < 1.29 is 8.42 Å². The van der Waals surface area contributed by atoms with Crippen molar-refractivity contribution in [2.45, 2.75) is 0 Å². The zero-order valence-electron chi connectivity index (χ0n) is 9.91. The van der Waals surface area contributed by atoms with Gasteiger partial charge in [-0.25, -0.2) is 8.96 Å². The van der Waals surface area contributed by atoms with E-state index in [0.717, 1.165) is 8.28 Å². The van der Waals surface area contributed by atoms with Crippen molar-refractivity contribution in [1.82, 2.24) is 13.3 Å². The first-order chi connectivity index (χ1) is 8.44. The predicted molar refractivity (Wildman–Crippen MR) is 70.7 cm³/mol. The normalized spacial score (nSPS) is 12.0. The highest BCUT2D eigenvalue weighted by Crippen LogP contribution is 2.28. The zero-order chi connectivity index (χ0) is 13.3. The highest BCUT2D eigenvalue weighted by Gasteiger charge is 2.23. The Labute approximate surface area is 111 Å². The van der Waals surface area contributed by atoms with E-state index >= 15 is 0 Å². The lowest BCUT2D eigenvalue weighted by Crippen LogP contribution is -2.28. The quantitative estimate of drug-likeness (QED) is 0.865. The lowest BCUT2D eigenvalue weighted by molar-refractivity contribution is 0.511. The summed E-state index contributed by atoms with van der Waals surface area (Å²) in [6.45, 7) is 0. The molecular weight excluding hydrogens is 274 g/mol. The van der Waals surface area contributed by atoms with Crippen molar-refractivity contribution >= 4 is 21.8 Å². The van der Waals surface area contributed by atoms with Crippen molar-refractivity contribution in [3.8, 4) is 11.3 Å². The van der Waals surface area contributed by atoms with Gasteiger partial charge < -0.3 is 0 Å². The van der Waals surface area contributed by atoms with Gasteiger partial charge >= 0.3 is 10.2 Å². The topological polar surface area (TPSA) is 55.2 Å². The van der Waals surface area contributed by atoms with E-state index in [0.29, 0.717) is 11.3 Å². The van der Waals surface area contributed by atoms with Crippen LogP contribution in [0.2, 0.25) is 5.15 Å². The minimum absolute atomic E-state index is 0.159. The van der Waals surface area contributed by atoms with Gasteiger partial charge in [0.05, 0.1) is 0 Å². The molecule has 2 aromatic rings. The van der Waals surface area contributed by atoms with Gasteiger partial charge in [0.2, 0.25) is 0 Å². The Kier molecular flexibility index (Phi) is 3.43. The second kappa shape index (κ2) is 4.72.